The Morgan fingerprint density at radius 2 is 1.46 bits per heavy atom. The highest BCUT2D eigenvalue weighted by molar-refractivity contribution is 7.92. The highest BCUT2D eigenvalue weighted by atomic mass is 35.5. The largest absolute Gasteiger partial charge is 0.354 e. The van der Waals surface area contributed by atoms with Gasteiger partial charge in [-0.3, -0.25) is 13.9 Å². The van der Waals surface area contributed by atoms with Crippen LogP contribution in [0.5, 0.6) is 0 Å². The van der Waals surface area contributed by atoms with Gasteiger partial charge in [0.25, 0.3) is 10.0 Å². The average molecular weight is 701 g/mol. The van der Waals surface area contributed by atoms with Crippen LogP contribution in [0.15, 0.2) is 102 Å². The Morgan fingerprint density at radius 1 is 0.804 bits per heavy atom. The van der Waals surface area contributed by atoms with E-state index in [2.05, 4.69) is 5.32 Å². The lowest BCUT2D eigenvalue weighted by Crippen LogP contribution is -2.53. The van der Waals surface area contributed by atoms with Crippen LogP contribution in [0.3, 0.4) is 0 Å². The summed E-state index contributed by atoms with van der Waals surface area (Å²) in [7, 11) is -4.25. The van der Waals surface area contributed by atoms with Gasteiger partial charge in [-0.2, -0.15) is 0 Å². The molecule has 4 rings (SSSR count). The van der Waals surface area contributed by atoms with E-state index in [1.165, 1.54) is 23.1 Å². The van der Waals surface area contributed by atoms with Gasteiger partial charge in [0.2, 0.25) is 11.8 Å². The molecular weight excluding hydrogens is 665 g/mol. The first kappa shape index (κ1) is 35.3. The van der Waals surface area contributed by atoms with Crippen molar-refractivity contribution in [1.82, 2.24) is 10.2 Å². The van der Waals surface area contributed by atoms with Gasteiger partial charge in [0.1, 0.15) is 12.6 Å². The first-order valence-corrected chi connectivity index (χ1v) is 17.3. The van der Waals surface area contributed by atoms with Gasteiger partial charge in [-0.15, -0.1) is 0 Å². The normalized spacial score (nSPS) is 12.1. The standard InChI is InChI=1S/C35H36Cl3N3O4S/c1-24(2)21-39-35(43)33(19-26-10-6-4-7-11-26)40(22-27-15-17-30(37)31(38)18-27)34(42)23-41(32-20-28(36)16-14-25(32)3)46(44,45)29-12-8-5-9-13-29/h4-18,20,24,33H,19,21-23H2,1-3H3,(H,39,43)/t33-/m0/s1. The van der Waals surface area contributed by atoms with Crippen molar-refractivity contribution < 1.29 is 18.0 Å². The average Bonchev–Trinajstić information content (AvgIpc) is 3.04. The summed E-state index contributed by atoms with van der Waals surface area (Å²) in [5.41, 5.74) is 2.30. The summed E-state index contributed by atoms with van der Waals surface area (Å²) in [5.74, 6) is -0.786. The lowest BCUT2D eigenvalue weighted by Gasteiger charge is -2.34. The van der Waals surface area contributed by atoms with Gasteiger partial charge in [-0.05, 0) is 65.9 Å². The van der Waals surface area contributed by atoms with E-state index in [-0.39, 0.29) is 35.4 Å². The molecule has 4 aromatic carbocycles. The Morgan fingerprint density at radius 3 is 2.09 bits per heavy atom. The first-order chi connectivity index (χ1) is 21.9. The van der Waals surface area contributed by atoms with Crippen LogP contribution in [0.2, 0.25) is 15.1 Å². The number of nitrogens with zero attached hydrogens (tertiary/aromatic N) is 2. The number of anilines is 1. The van der Waals surface area contributed by atoms with Crippen LogP contribution < -0.4 is 9.62 Å². The van der Waals surface area contributed by atoms with Crippen molar-refractivity contribution in [2.75, 3.05) is 17.4 Å². The zero-order valence-corrected chi connectivity index (χ0v) is 28.9. The van der Waals surface area contributed by atoms with E-state index in [0.717, 1.165) is 9.87 Å². The number of carbonyl (C=O) groups excluding carboxylic acids is 2. The zero-order valence-electron chi connectivity index (χ0n) is 25.8. The van der Waals surface area contributed by atoms with E-state index in [1.54, 1.807) is 55.5 Å². The van der Waals surface area contributed by atoms with E-state index < -0.39 is 28.5 Å². The maximum atomic E-state index is 14.6. The van der Waals surface area contributed by atoms with Crippen LogP contribution in [0.25, 0.3) is 0 Å². The fourth-order valence-electron chi connectivity index (χ4n) is 4.90. The maximum absolute atomic E-state index is 14.6. The molecule has 1 atom stereocenters. The number of halogens is 3. The third-order valence-corrected chi connectivity index (χ3v) is 10.1. The van der Waals surface area contributed by atoms with Gasteiger partial charge in [0, 0.05) is 24.5 Å². The predicted octanol–water partition coefficient (Wildman–Crippen LogP) is 7.56. The molecule has 1 N–H and O–H groups in total. The van der Waals surface area contributed by atoms with Crippen molar-refractivity contribution >= 4 is 62.3 Å². The minimum absolute atomic E-state index is 0.00807. The van der Waals surface area contributed by atoms with Crippen LogP contribution in [0, 0.1) is 12.8 Å². The highest BCUT2D eigenvalue weighted by Crippen LogP contribution is 2.30. The number of nitrogens with one attached hydrogen (secondary N) is 1. The molecule has 46 heavy (non-hydrogen) atoms. The lowest BCUT2D eigenvalue weighted by molar-refractivity contribution is -0.140. The molecule has 0 aliphatic carbocycles. The Bertz CT molecular complexity index is 1770. The van der Waals surface area contributed by atoms with Crippen molar-refractivity contribution in [3.05, 3.63) is 129 Å². The second-order valence-corrected chi connectivity index (χ2v) is 14.5. The van der Waals surface area contributed by atoms with Gasteiger partial charge >= 0.3 is 0 Å². The van der Waals surface area contributed by atoms with Gasteiger partial charge < -0.3 is 10.2 Å². The van der Waals surface area contributed by atoms with Crippen LogP contribution in [-0.2, 0) is 32.6 Å². The van der Waals surface area contributed by atoms with Crippen molar-refractivity contribution in [1.29, 1.82) is 0 Å². The fraction of sp³-hybridized carbons (Fsp3) is 0.257. The smallest absolute Gasteiger partial charge is 0.264 e. The molecule has 0 aliphatic heterocycles. The molecule has 242 valence electrons. The second kappa shape index (κ2) is 15.8. The second-order valence-electron chi connectivity index (χ2n) is 11.4. The Kier molecular flexibility index (Phi) is 12.1. The number of amides is 2. The number of carbonyl (C=O) groups is 2. The van der Waals surface area contributed by atoms with E-state index in [1.807, 2.05) is 44.2 Å². The summed E-state index contributed by atoms with van der Waals surface area (Å²) in [5, 5.41) is 3.91. The number of rotatable bonds is 13. The summed E-state index contributed by atoms with van der Waals surface area (Å²) in [6, 6.07) is 26.1. The fourth-order valence-corrected chi connectivity index (χ4v) is 6.87. The van der Waals surface area contributed by atoms with Crippen molar-refractivity contribution in [3.63, 3.8) is 0 Å². The van der Waals surface area contributed by atoms with Crippen LogP contribution in [0.1, 0.15) is 30.5 Å². The van der Waals surface area contributed by atoms with Gasteiger partial charge in [-0.1, -0.05) is 109 Å². The van der Waals surface area contributed by atoms with Crippen LogP contribution in [0.4, 0.5) is 5.69 Å². The molecule has 0 heterocycles. The van der Waals surface area contributed by atoms with Crippen molar-refractivity contribution in [3.8, 4) is 0 Å². The Balaban J connectivity index is 1.83. The van der Waals surface area contributed by atoms with Gasteiger partial charge in [-0.25, -0.2) is 8.42 Å². The summed E-state index contributed by atoms with van der Waals surface area (Å²) >= 11 is 18.9. The van der Waals surface area contributed by atoms with Gasteiger partial charge in [0.15, 0.2) is 0 Å². The molecule has 0 aliphatic rings. The molecule has 0 bridgehead atoms. The van der Waals surface area contributed by atoms with Crippen molar-refractivity contribution in [2.45, 2.75) is 44.7 Å². The summed E-state index contributed by atoms with van der Waals surface area (Å²) in [4.78, 5) is 29.9. The number of hydrogen-bond donors (Lipinski definition) is 1. The number of aryl methyl sites for hydroxylation is 1. The molecule has 0 unspecified atom stereocenters. The molecular formula is C35H36Cl3N3O4S. The van der Waals surface area contributed by atoms with E-state index in [4.69, 9.17) is 34.8 Å². The molecule has 4 aromatic rings. The molecule has 7 nitrogen and oxygen atoms in total. The van der Waals surface area contributed by atoms with E-state index in [9.17, 15) is 18.0 Å². The molecule has 0 saturated heterocycles. The first-order valence-electron chi connectivity index (χ1n) is 14.8. The zero-order chi connectivity index (χ0) is 33.4. The van der Waals surface area contributed by atoms with Crippen molar-refractivity contribution in [2.24, 2.45) is 5.92 Å². The van der Waals surface area contributed by atoms with E-state index >= 15 is 0 Å². The molecule has 0 fully saturated rings. The number of sulfonamides is 1. The predicted molar refractivity (Wildman–Crippen MR) is 186 cm³/mol. The highest BCUT2D eigenvalue weighted by Gasteiger charge is 2.35. The third-order valence-electron chi connectivity index (χ3n) is 7.34. The quantitative estimate of drug-likeness (QED) is 0.156. The maximum Gasteiger partial charge on any atom is 0.264 e. The lowest BCUT2D eigenvalue weighted by atomic mass is 10.0. The van der Waals surface area contributed by atoms with Crippen LogP contribution in [-0.4, -0.2) is 44.3 Å². The molecule has 2 amide bonds. The topological polar surface area (TPSA) is 86.8 Å². The molecule has 0 radical (unpaired) electrons. The molecule has 0 saturated carbocycles. The molecule has 0 aromatic heterocycles. The molecule has 11 heteroatoms. The number of hydrogen-bond acceptors (Lipinski definition) is 4. The third kappa shape index (κ3) is 9.04. The Labute approximate surface area is 286 Å². The van der Waals surface area contributed by atoms with Crippen LogP contribution >= 0.6 is 34.8 Å². The monoisotopic (exact) mass is 699 g/mol. The summed E-state index contributed by atoms with van der Waals surface area (Å²) in [6.45, 7) is 5.47. The summed E-state index contributed by atoms with van der Waals surface area (Å²) < 4.78 is 29.4. The molecule has 0 spiro atoms. The minimum atomic E-state index is -4.25. The number of benzene rings is 4. The summed E-state index contributed by atoms with van der Waals surface area (Å²) in [6.07, 6.45) is 0.194. The SMILES string of the molecule is Cc1ccc(Cl)cc1N(CC(=O)N(Cc1ccc(Cl)c(Cl)c1)[C@@H](Cc1ccccc1)C(=O)NCC(C)C)S(=O)(=O)c1ccccc1. The Hall–Kier alpha value is -3.56. The van der Waals surface area contributed by atoms with E-state index in [0.29, 0.717) is 32.7 Å². The van der Waals surface area contributed by atoms with Gasteiger partial charge in [0.05, 0.1) is 20.6 Å². The minimum Gasteiger partial charge on any atom is -0.354 e.